The van der Waals surface area contributed by atoms with Gasteiger partial charge in [0.2, 0.25) is 0 Å². The molecule has 28 heavy (non-hydrogen) atoms. The van der Waals surface area contributed by atoms with Crippen LogP contribution < -0.4 is 15.4 Å². The minimum atomic E-state index is -0.175. The smallest absolute Gasteiger partial charge is 0.299 e. The largest absolute Gasteiger partial charge is 0.490 e. The third-order valence-corrected chi connectivity index (χ3v) is 4.44. The molecule has 3 heterocycles. The van der Waals surface area contributed by atoms with E-state index in [1.165, 1.54) is 6.26 Å². The highest BCUT2D eigenvalue weighted by molar-refractivity contribution is 5.92. The number of anilines is 2. The molecule has 0 spiro atoms. The van der Waals surface area contributed by atoms with Crippen LogP contribution in [0.3, 0.4) is 0 Å². The second kappa shape index (κ2) is 8.53. The zero-order valence-corrected chi connectivity index (χ0v) is 15.2. The predicted octanol–water partition coefficient (Wildman–Crippen LogP) is 2.31. The molecule has 1 aromatic carbocycles. The summed E-state index contributed by atoms with van der Waals surface area (Å²) in [5, 5.41) is 6.35. The minimum absolute atomic E-state index is 0.108. The number of aromatic nitrogens is 2. The Balaban J connectivity index is 1.42. The predicted molar refractivity (Wildman–Crippen MR) is 104 cm³/mol. The number of piperazine rings is 1. The van der Waals surface area contributed by atoms with Crippen LogP contribution in [-0.2, 0) is 0 Å². The van der Waals surface area contributed by atoms with Gasteiger partial charge in [0.05, 0.1) is 12.2 Å². The third-order valence-electron chi connectivity index (χ3n) is 4.44. The summed E-state index contributed by atoms with van der Waals surface area (Å²) in [4.78, 5) is 23.1. The lowest BCUT2D eigenvalue weighted by Gasteiger charge is -2.35. The van der Waals surface area contributed by atoms with E-state index in [0.29, 0.717) is 25.4 Å². The molecule has 1 aliphatic rings. The molecule has 2 aromatic heterocycles. The first kappa shape index (κ1) is 18.0. The SMILES string of the molecule is O=C(c1coc(Nc2ccccc2)n1)N1CCNC[C@H]1COc1cccnc1. The summed E-state index contributed by atoms with van der Waals surface area (Å²) in [5.41, 5.74) is 1.11. The van der Waals surface area contributed by atoms with E-state index in [9.17, 15) is 4.79 Å². The molecule has 1 atom stereocenters. The lowest BCUT2D eigenvalue weighted by atomic mass is 10.2. The first-order valence-electron chi connectivity index (χ1n) is 9.12. The maximum atomic E-state index is 13.0. The Morgan fingerprint density at radius 3 is 3.00 bits per heavy atom. The zero-order valence-electron chi connectivity index (χ0n) is 15.2. The van der Waals surface area contributed by atoms with Crippen LogP contribution in [0.5, 0.6) is 5.75 Å². The monoisotopic (exact) mass is 379 g/mol. The molecule has 0 bridgehead atoms. The van der Waals surface area contributed by atoms with Crippen molar-refractivity contribution in [2.45, 2.75) is 6.04 Å². The normalized spacial score (nSPS) is 16.6. The quantitative estimate of drug-likeness (QED) is 0.679. The Morgan fingerprint density at radius 2 is 2.18 bits per heavy atom. The van der Waals surface area contributed by atoms with Crippen LogP contribution in [-0.4, -0.2) is 53.1 Å². The summed E-state index contributed by atoms with van der Waals surface area (Å²) < 4.78 is 11.2. The van der Waals surface area contributed by atoms with Gasteiger partial charge in [-0.2, -0.15) is 4.98 Å². The summed E-state index contributed by atoms with van der Waals surface area (Å²) in [6.45, 7) is 2.33. The molecule has 0 aliphatic carbocycles. The van der Waals surface area contributed by atoms with E-state index >= 15 is 0 Å². The Hall–Kier alpha value is -3.39. The molecule has 2 N–H and O–H groups in total. The van der Waals surface area contributed by atoms with Crippen molar-refractivity contribution >= 4 is 17.6 Å². The maximum absolute atomic E-state index is 13.0. The van der Waals surface area contributed by atoms with E-state index in [1.807, 2.05) is 42.5 Å². The van der Waals surface area contributed by atoms with Crippen molar-refractivity contribution in [3.05, 3.63) is 66.8 Å². The minimum Gasteiger partial charge on any atom is -0.490 e. The van der Waals surface area contributed by atoms with Crippen molar-refractivity contribution in [3.63, 3.8) is 0 Å². The van der Waals surface area contributed by atoms with E-state index in [4.69, 9.17) is 9.15 Å². The molecule has 1 aliphatic heterocycles. The molecule has 1 saturated heterocycles. The van der Waals surface area contributed by atoms with E-state index < -0.39 is 0 Å². The number of carbonyl (C=O) groups excluding carboxylic acids is 1. The van der Waals surface area contributed by atoms with Crippen molar-refractivity contribution in [2.24, 2.45) is 0 Å². The van der Waals surface area contributed by atoms with Crippen LogP contribution in [0, 0.1) is 0 Å². The Morgan fingerprint density at radius 1 is 1.29 bits per heavy atom. The van der Waals surface area contributed by atoms with E-state index in [2.05, 4.69) is 20.6 Å². The highest BCUT2D eigenvalue weighted by Gasteiger charge is 2.29. The average molecular weight is 379 g/mol. The van der Waals surface area contributed by atoms with Crippen LogP contribution in [0.25, 0.3) is 0 Å². The number of amides is 1. The number of nitrogens with one attached hydrogen (secondary N) is 2. The first-order chi connectivity index (χ1) is 13.8. The van der Waals surface area contributed by atoms with Gasteiger partial charge in [-0.05, 0) is 24.3 Å². The second-order valence-electron chi connectivity index (χ2n) is 6.39. The van der Waals surface area contributed by atoms with Crippen molar-refractivity contribution in [1.82, 2.24) is 20.2 Å². The number of ether oxygens (including phenoxy) is 1. The van der Waals surface area contributed by atoms with Gasteiger partial charge in [0.1, 0.15) is 18.6 Å². The lowest BCUT2D eigenvalue weighted by Crippen LogP contribution is -2.56. The lowest BCUT2D eigenvalue weighted by molar-refractivity contribution is 0.0553. The van der Waals surface area contributed by atoms with Crippen LogP contribution in [0.2, 0.25) is 0 Å². The van der Waals surface area contributed by atoms with Crippen LogP contribution in [0.15, 0.2) is 65.5 Å². The van der Waals surface area contributed by atoms with Crippen LogP contribution in [0.4, 0.5) is 11.7 Å². The molecule has 0 saturated carbocycles. The fourth-order valence-electron chi connectivity index (χ4n) is 3.02. The van der Waals surface area contributed by atoms with Gasteiger partial charge in [0.25, 0.3) is 11.9 Å². The number of para-hydroxylation sites is 1. The third kappa shape index (κ3) is 4.29. The molecule has 0 unspecified atom stereocenters. The van der Waals surface area contributed by atoms with Crippen molar-refractivity contribution in [1.29, 1.82) is 0 Å². The highest BCUT2D eigenvalue weighted by atomic mass is 16.5. The van der Waals surface area contributed by atoms with E-state index in [0.717, 1.165) is 12.2 Å². The molecule has 1 fully saturated rings. The van der Waals surface area contributed by atoms with Gasteiger partial charge >= 0.3 is 0 Å². The second-order valence-corrected chi connectivity index (χ2v) is 6.39. The summed E-state index contributed by atoms with van der Waals surface area (Å²) in [6.07, 6.45) is 4.73. The first-order valence-corrected chi connectivity index (χ1v) is 9.12. The molecule has 4 rings (SSSR count). The van der Waals surface area contributed by atoms with Crippen molar-refractivity contribution < 1.29 is 13.9 Å². The standard InChI is InChI=1S/C20H21N5O3/c26-19(18-14-28-20(24-18)23-15-5-2-1-3-6-15)25-10-9-22-11-16(25)13-27-17-7-4-8-21-12-17/h1-8,12,14,16,22H,9-11,13H2,(H,23,24)/t16-/m0/s1. The van der Waals surface area contributed by atoms with E-state index in [1.54, 1.807) is 17.3 Å². The van der Waals surface area contributed by atoms with Gasteiger partial charge in [-0.25, -0.2) is 0 Å². The average Bonchev–Trinajstić information content (AvgIpc) is 3.22. The number of hydrogen-bond acceptors (Lipinski definition) is 7. The van der Waals surface area contributed by atoms with Crippen molar-refractivity contribution in [2.75, 3.05) is 31.6 Å². The Bertz CT molecular complexity index is 900. The molecule has 144 valence electrons. The molecular formula is C20H21N5O3. The summed E-state index contributed by atoms with van der Waals surface area (Å²) in [7, 11) is 0. The number of pyridine rings is 1. The Labute approximate surface area is 162 Å². The molecule has 1 amide bonds. The van der Waals surface area contributed by atoms with Gasteiger partial charge in [-0.3, -0.25) is 9.78 Å². The number of nitrogens with zero attached hydrogens (tertiary/aromatic N) is 3. The van der Waals surface area contributed by atoms with Crippen molar-refractivity contribution in [3.8, 4) is 5.75 Å². The van der Waals surface area contributed by atoms with Gasteiger partial charge in [0.15, 0.2) is 5.69 Å². The fraction of sp³-hybridized carbons (Fsp3) is 0.250. The van der Waals surface area contributed by atoms with Crippen LogP contribution in [0.1, 0.15) is 10.5 Å². The molecule has 0 radical (unpaired) electrons. The Kier molecular flexibility index (Phi) is 5.48. The number of hydrogen-bond donors (Lipinski definition) is 2. The highest BCUT2D eigenvalue weighted by Crippen LogP contribution is 2.18. The maximum Gasteiger partial charge on any atom is 0.299 e. The summed E-state index contributed by atoms with van der Waals surface area (Å²) >= 11 is 0. The summed E-state index contributed by atoms with van der Waals surface area (Å²) in [6, 6.07) is 13.4. The van der Waals surface area contributed by atoms with E-state index in [-0.39, 0.29) is 23.7 Å². The zero-order chi connectivity index (χ0) is 19.2. The molecule has 8 heteroatoms. The van der Waals surface area contributed by atoms with Crippen LogP contribution >= 0.6 is 0 Å². The molecule has 8 nitrogen and oxygen atoms in total. The van der Waals surface area contributed by atoms with Gasteiger partial charge in [-0.1, -0.05) is 18.2 Å². The number of rotatable bonds is 6. The van der Waals surface area contributed by atoms with Gasteiger partial charge < -0.3 is 24.7 Å². The topological polar surface area (TPSA) is 92.5 Å². The number of carbonyl (C=O) groups is 1. The van der Waals surface area contributed by atoms with Gasteiger partial charge in [0, 0.05) is 31.5 Å². The van der Waals surface area contributed by atoms with Gasteiger partial charge in [-0.15, -0.1) is 0 Å². The fourth-order valence-corrected chi connectivity index (χ4v) is 3.02. The molecular weight excluding hydrogens is 358 g/mol. The summed E-state index contributed by atoms with van der Waals surface area (Å²) in [5.74, 6) is 0.502. The number of benzene rings is 1. The number of oxazole rings is 1. The molecule has 3 aromatic rings.